The smallest absolute Gasteiger partial charge is 0.282 e. The lowest BCUT2D eigenvalue weighted by molar-refractivity contribution is 0.169. The summed E-state index contributed by atoms with van der Waals surface area (Å²) in [5, 5.41) is 0.662. The highest BCUT2D eigenvalue weighted by Gasteiger charge is 2.34. The Morgan fingerprint density at radius 2 is 1.88 bits per heavy atom. The molecule has 0 radical (unpaired) electrons. The summed E-state index contributed by atoms with van der Waals surface area (Å²) in [6, 6.07) is 3.81. The van der Waals surface area contributed by atoms with Crippen LogP contribution in [0.1, 0.15) is 37.8 Å². The van der Waals surface area contributed by atoms with E-state index >= 15 is 0 Å². The van der Waals surface area contributed by atoms with E-state index in [0.717, 1.165) is 31.4 Å². The molecular weight excluding hydrogens is 360 g/mol. The van der Waals surface area contributed by atoms with Gasteiger partial charge in [-0.3, -0.25) is 9.88 Å². The molecule has 0 amide bonds. The fourth-order valence-corrected chi connectivity index (χ4v) is 5.44. The minimum Gasteiger partial charge on any atom is -0.295 e. The molecule has 0 aromatic carbocycles. The molecule has 0 atom stereocenters. The van der Waals surface area contributed by atoms with E-state index in [1.165, 1.54) is 6.42 Å². The summed E-state index contributed by atoms with van der Waals surface area (Å²) >= 11 is 6.17. The van der Waals surface area contributed by atoms with Crippen molar-refractivity contribution in [3.8, 4) is 0 Å². The third-order valence-electron chi connectivity index (χ3n) is 5.32. The van der Waals surface area contributed by atoms with E-state index in [9.17, 15) is 8.42 Å². The Labute approximate surface area is 155 Å². The summed E-state index contributed by atoms with van der Waals surface area (Å²) in [5.41, 5.74) is 0.847. The average molecular weight is 387 g/mol. The number of hydrogen-bond donors (Lipinski definition) is 0. The lowest BCUT2D eigenvalue weighted by Crippen LogP contribution is -2.54. The van der Waals surface area contributed by atoms with Crippen LogP contribution in [0.3, 0.4) is 0 Å². The van der Waals surface area contributed by atoms with Gasteiger partial charge in [0, 0.05) is 52.0 Å². The first-order valence-corrected chi connectivity index (χ1v) is 10.8. The van der Waals surface area contributed by atoms with Crippen molar-refractivity contribution in [3.05, 3.63) is 29.0 Å². The lowest BCUT2D eigenvalue weighted by Gasteiger charge is -2.38. The summed E-state index contributed by atoms with van der Waals surface area (Å²) in [6.07, 6.45) is 7.17. The van der Waals surface area contributed by atoms with Crippen molar-refractivity contribution in [1.29, 1.82) is 0 Å². The average Bonchev–Trinajstić information content (AvgIpc) is 2.64. The Kier molecular flexibility index (Phi) is 6.33. The molecule has 3 rings (SSSR count). The number of halogens is 1. The molecule has 8 heteroatoms. The van der Waals surface area contributed by atoms with Crippen LogP contribution in [0.25, 0.3) is 0 Å². The molecule has 0 bridgehead atoms. The molecule has 1 aromatic rings. The van der Waals surface area contributed by atoms with E-state index < -0.39 is 10.2 Å². The van der Waals surface area contributed by atoms with Crippen LogP contribution in [0, 0.1) is 0 Å². The first-order valence-electron chi connectivity index (χ1n) is 9.03. The third-order valence-corrected chi connectivity index (χ3v) is 7.71. The van der Waals surface area contributed by atoms with Crippen molar-refractivity contribution >= 4 is 21.8 Å². The van der Waals surface area contributed by atoms with Crippen LogP contribution in [0.5, 0.6) is 0 Å². The van der Waals surface area contributed by atoms with Gasteiger partial charge in [-0.05, 0) is 25.0 Å². The van der Waals surface area contributed by atoms with E-state index in [4.69, 9.17) is 11.6 Å². The molecule has 1 saturated carbocycles. The Hall–Kier alpha value is -0.730. The number of rotatable bonds is 5. The summed E-state index contributed by atoms with van der Waals surface area (Å²) in [7, 11) is -1.63. The van der Waals surface area contributed by atoms with Crippen molar-refractivity contribution < 1.29 is 8.42 Å². The predicted molar refractivity (Wildman–Crippen MR) is 99.7 cm³/mol. The van der Waals surface area contributed by atoms with Crippen molar-refractivity contribution in [2.45, 2.75) is 44.7 Å². The summed E-state index contributed by atoms with van der Waals surface area (Å²) < 4.78 is 29.0. The quantitative estimate of drug-likeness (QED) is 0.779. The standard InChI is InChI=1S/C17H27ClN4O2S/c1-20(15-6-3-2-4-7-15)25(23,24)22-12-10-21(11-13-22)14-17-16(18)8-5-9-19-17/h5,8-9,15H,2-4,6-7,10-14H2,1H3. The van der Waals surface area contributed by atoms with Crippen molar-refractivity contribution in [1.82, 2.24) is 18.5 Å². The maximum Gasteiger partial charge on any atom is 0.282 e. The van der Waals surface area contributed by atoms with E-state index in [1.807, 2.05) is 12.1 Å². The van der Waals surface area contributed by atoms with Crippen LogP contribution in [0.4, 0.5) is 0 Å². The molecule has 2 heterocycles. The van der Waals surface area contributed by atoms with Gasteiger partial charge in [-0.25, -0.2) is 0 Å². The first-order chi connectivity index (χ1) is 12.0. The summed E-state index contributed by atoms with van der Waals surface area (Å²) in [5.74, 6) is 0. The van der Waals surface area contributed by atoms with Gasteiger partial charge in [-0.2, -0.15) is 17.0 Å². The summed E-state index contributed by atoms with van der Waals surface area (Å²) in [6.45, 7) is 3.09. The number of piperazine rings is 1. The first kappa shape index (κ1) is 19.0. The highest BCUT2D eigenvalue weighted by molar-refractivity contribution is 7.86. The van der Waals surface area contributed by atoms with Gasteiger partial charge in [0.1, 0.15) is 0 Å². The zero-order chi connectivity index (χ0) is 17.9. The van der Waals surface area contributed by atoms with Gasteiger partial charge in [0.15, 0.2) is 0 Å². The molecule has 2 aliphatic rings. The molecule has 1 aliphatic carbocycles. The predicted octanol–water partition coefficient (Wildman–Crippen LogP) is 2.36. The van der Waals surface area contributed by atoms with Gasteiger partial charge in [0.2, 0.25) is 0 Å². The SMILES string of the molecule is CN(C1CCCCC1)S(=O)(=O)N1CCN(Cc2ncccc2Cl)CC1. The molecule has 0 unspecified atom stereocenters. The van der Waals surface area contributed by atoms with E-state index in [-0.39, 0.29) is 6.04 Å². The number of nitrogens with zero attached hydrogens (tertiary/aromatic N) is 4. The van der Waals surface area contributed by atoms with Crippen LogP contribution >= 0.6 is 11.6 Å². The van der Waals surface area contributed by atoms with Gasteiger partial charge in [-0.1, -0.05) is 30.9 Å². The van der Waals surface area contributed by atoms with Crippen LogP contribution in [-0.4, -0.2) is 66.2 Å². The molecule has 25 heavy (non-hydrogen) atoms. The van der Waals surface area contributed by atoms with E-state index in [1.54, 1.807) is 21.9 Å². The topological polar surface area (TPSA) is 56.8 Å². The van der Waals surface area contributed by atoms with E-state index in [0.29, 0.717) is 37.7 Å². The lowest BCUT2D eigenvalue weighted by atomic mass is 9.96. The molecule has 1 saturated heterocycles. The zero-order valence-corrected chi connectivity index (χ0v) is 16.3. The molecular formula is C17H27ClN4O2S. The Morgan fingerprint density at radius 3 is 2.52 bits per heavy atom. The Morgan fingerprint density at radius 1 is 1.20 bits per heavy atom. The zero-order valence-electron chi connectivity index (χ0n) is 14.8. The van der Waals surface area contributed by atoms with Gasteiger partial charge in [0.25, 0.3) is 10.2 Å². The second-order valence-corrected chi connectivity index (χ2v) is 9.32. The largest absolute Gasteiger partial charge is 0.295 e. The molecule has 2 fully saturated rings. The highest BCUT2D eigenvalue weighted by Crippen LogP contribution is 2.25. The van der Waals surface area contributed by atoms with E-state index in [2.05, 4.69) is 9.88 Å². The van der Waals surface area contributed by atoms with Crippen LogP contribution in [0.15, 0.2) is 18.3 Å². The fourth-order valence-electron chi connectivity index (χ4n) is 3.68. The number of pyridine rings is 1. The molecule has 6 nitrogen and oxygen atoms in total. The molecule has 1 aliphatic heterocycles. The van der Waals surface area contributed by atoms with Gasteiger partial charge >= 0.3 is 0 Å². The van der Waals surface area contributed by atoms with Crippen molar-refractivity contribution in [2.24, 2.45) is 0 Å². The van der Waals surface area contributed by atoms with Gasteiger partial charge in [-0.15, -0.1) is 0 Å². The second kappa shape index (κ2) is 8.31. The molecule has 0 spiro atoms. The maximum atomic E-state index is 12.9. The van der Waals surface area contributed by atoms with Gasteiger partial charge < -0.3 is 0 Å². The number of hydrogen-bond acceptors (Lipinski definition) is 4. The number of aromatic nitrogens is 1. The normalized spacial score (nSPS) is 21.7. The second-order valence-electron chi connectivity index (χ2n) is 6.92. The van der Waals surface area contributed by atoms with Crippen LogP contribution in [0.2, 0.25) is 5.02 Å². The van der Waals surface area contributed by atoms with Crippen molar-refractivity contribution in [2.75, 3.05) is 33.2 Å². The maximum absolute atomic E-state index is 12.9. The van der Waals surface area contributed by atoms with Crippen LogP contribution < -0.4 is 0 Å². The molecule has 0 N–H and O–H groups in total. The monoisotopic (exact) mass is 386 g/mol. The Bertz CT molecular complexity index is 671. The molecule has 1 aromatic heterocycles. The van der Waals surface area contributed by atoms with Crippen molar-refractivity contribution in [3.63, 3.8) is 0 Å². The fraction of sp³-hybridized carbons (Fsp3) is 0.706. The minimum absolute atomic E-state index is 0.157. The minimum atomic E-state index is -3.37. The highest BCUT2D eigenvalue weighted by atomic mass is 35.5. The van der Waals surface area contributed by atoms with Crippen LogP contribution in [-0.2, 0) is 16.8 Å². The Balaban J connectivity index is 1.56. The van der Waals surface area contributed by atoms with Gasteiger partial charge in [0.05, 0.1) is 10.7 Å². The molecule has 140 valence electrons. The summed E-state index contributed by atoms with van der Waals surface area (Å²) in [4.78, 5) is 6.53. The third kappa shape index (κ3) is 4.52.